The van der Waals surface area contributed by atoms with E-state index in [-0.39, 0.29) is 5.78 Å². The summed E-state index contributed by atoms with van der Waals surface area (Å²) in [7, 11) is 0. The fourth-order valence-electron chi connectivity index (χ4n) is 2.58. The van der Waals surface area contributed by atoms with Crippen LogP contribution in [-0.2, 0) is 0 Å². The van der Waals surface area contributed by atoms with Gasteiger partial charge in [-0.2, -0.15) is 0 Å². The Kier molecular flexibility index (Phi) is 6.61. The van der Waals surface area contributed by atoms with Crippen molar-refractivity contribution in [2.75, 3.05) is 25.4 Å². The van der Waals surface area contributed by atoms with Gasteiger partial charge in [-0.15, -0.1) is 11.8 Å². The van der Waals surface area contributed by atoms with Crippen molar-refractivity contribution in [1.29, 1.82) is 0 Å². The Labute approximate surface area is 126 Å². The highest BCUT2D eigenvalue weighted by atomic mass is 32.2. The average molecular weight is 291 g/mol. The van der Waals surface area contributed by atoms with Gasteiger partial charge < -0.3 is 4.90 Å². The number of ketones is 1. The van der Waals surface area contributed by atoms with Crippen LogP contribution in [0, 0.1) is 0 Å². The highest BCUT2D eigenvalue weighted by Crippen LogP contribution is 2.20. The Balaban J connectivity index is 1.74. The van der Waals surface area contributed by atoms with E-state index < -0.39 is 0 Å². The number of thioether (sulfide) groups is 1. The fraction of sp³-hybridized carbons (Fsp3) is 0.588. The lowest BCUT2D eigenvalue weighted by atomic mass is 10.1. The van der Waals surface area contributed by atoms with E-state index in [1.54, 1.807) is 0 Å². The summed E-state index contributed by atoms with van der Waals surface area (Å²) < 4.78 is 0. The zero-order valence-electron chi connectivity index (χ0n) is 12.4. The maximum absolute atomic E-state index is 11.8. The van der Waals surface area contributed by atoms with Crippen LogP contribution < -0.4 is 0 Å². The summed E-state index contributed by atoms with van der Waals surface area (Å²) in [5.41, 5.74) is 0.854. The van der Waals surface area contributed by atoms with Gasteiger partial charge in [0.05, 0.1) is 0 Å². The average Bonchev–Trinajstić information content (AvgIpc) is 2.49. The summed E-state index contributed by atoms with van der Waals surface area (Å²) in [6, 6.07) is 8.12. The van der Waals surface area contributed by atoms with Crippen molar-refractivity contribution in [2.45, 2.75) is 43.9 Å². The third-order valence-electron chi connectivity index (χ3n) is 3.78. The number of piperidine rings is 1. The minimum Gasteiger partial charge on any atom is -0.303 e. The van der Waals surface area contributed by atoms with Crippen LogP contribution in [0.2, 0.25) is 0 Å². The first-order valence-corrected chi connectivity index (χ1v) is 8.76. The van der Waals surface area contributed by atoms with E-state index in [4.69, 9.17) is 0 Å². The summed E-state index contributed by atoms with van der Waals surface area (Å²) in [4.78, 5) is 15.6. The molecule has 0 radical (unpaired) electrons. The molecule has 1 aliphatic heterocycles. The lowest BCUT2D eigenvalue weighted by Gasteiger charge is -2.26. The molecule has 2 rings (SSSR count). The normalized spacial score (nSPS) is 16.2. The Morgan fingerprint density at radius 2 is 1.85 bits per heavy atom. The third kappa shape index (κ3) is 4.95. The van der Waals surface area contributed by atoms with Gasteiger partial charge in [-0.1, -0.05) is 25.5 Å². The summed E-state index contributed by atoms with van der Waals surface area (Å²) in [6.45, 7) is 5.76. The van der Waals surface area contributed by atoms with Crippen molar-refractivity contribution in [2.24, 2.45) is 0 Å². The highest BCUT2D eigenvalue weighted by molar-refractivity contribution is 7.99. The smallest absolute Gasteiger partial charge is 0.162 e. The van der Waals surface area contributed by atoms with Crippen molar-refractivity contribution in [3.63, 3.8) is 0 Å². The molecule has 1 aromatic rings. The molecule has 1 fully saturated rings. The molecule has 20 heavy (non-hydrogen) atoms. The second-order valence-electron chi connectivity index (χ2n) is 5.45. The molecule has 1 aliphatic rings. The van der Waals surface area contributed by atoms with Crippen LogP contribution in [0.4, 0.5) is 0 Å². The second-order valence-corrected chi connectivity index (χ2v) is 6.62. The number of rotatable bonds is 7. The standard InChI is InChI=1S/C17H25NOS/c1-2-6-17(19)15-7-9-16(10-8-15)20-14-13-18-11-4-3-5-12-18/h7-10H,2-6,11-14H2,1H3. The van der Waals surface area contributed by atoms with Crippen molar-refractivity contribution in [3.8, 4) is 0 Å². The number of benzene rings is 1. The van der Waals surface area contributed by atoms with Gasteiger partial charge in [0.2, 0.25) is 0 Å². The molecule has 0 aliphatic carbocycles. The first-order valence-electron chi connectivity index (χ1n) is 7.78. The van der Waals surface area contributed by atoms with Crippen LogP contribution in [0.5, 0.6) is 0 Å². The van der Waals surface area contributed by atoms with Gasteiger partial charge in [0.25, 0.3) is 0 Å². The van der Waals surface area contributed by atoms with Gasteiger partial charge in [0, 0.05) is 29.2 Å². The number of nitrogens with zero attached hydrogens (tertiary/aromatic N) is 1. The zero-order chi connectivity index (χ0) is 14.2. The van der Waals surface area contributed by atoms with E-state index >= 15 is 0 Å². The first-order chi connectivity index (χ1) is 9.79. The molecule has 110 valence electrons. The molecule has 0 saturated carbocycles. The van der Waals surface area contributed by atoms with Crippen molar-refractivity contribution >= 4 is 17.5 Å². The van der Waals surface area contributed by atoms with E-state index in [1.165, 1.54) is 43.8 Å². The molecule has 1 aromatic carbocycles. The third-order valence-corrected chi connectivity index (χ3v) is 4.77. The Bertz CT molecular complexity index is 410. The predicted octanol–water partition coefficient (Wildman–Crippen LogP) is 4.25. The lowest BCUT2D eigenvalue weighted by molar-refractivity contribution is 0.0981. The summed E-state index contributed by atoms with van der Waals surface area (Å²) >= 11 is 1.89. The molecule has 1 heterocycles. The number of hydrogen-bond acceptors (Lipinski definition) is 3. The number of carbonyl (C=O) groups excluding carboxylic acids is 1. The van der Waals surface area contributed by atoms with Crippen LogP contribution in [0.15, 0.2) is 29.2 Å². The lowest BCUT2D eigenvalue weighted by Crippen LogP contribution is -2.31. The van der Waals surface area contributed by atoms with Gasteiger partial charge in [0.1, 0.15) is 0 Å². The van der Waals surface area contributed by atoms with E-state index in [1.807, 2.05) is 30.8 Å². The van der Waals surface area contributed by atoms with Gasteiger partial charge in [-0.05, 0) is 44.5 Å². The first kappa shape index (κ1) is 15.6. The van der Waals surface area contributed by atoms with E-state index in [2.05, 4.69) is 17.0 Å². The number of likely N-dealkylation sites (tertiary alicyclic amines) is 1. The molecule has 0 N–H and O–H groups in total. The Morgan fingerprint density at radius 3 is 2.50 bits per heavy atom. The Hall–Kier alpha value is -0.800. The van der Waals surface area contributed by atoms with Crippen LogP contribution in [0.3, 0.4) is 0 Å². The summed E-state index contributed by atoms with van der Waals surface area (Å²) in [6.07, 6.45) is 5.70. The topological polar surface area (TPSA) is 20.3 Å². The predicted molar refractivity (Wildman–Crippen MR) is 86.7 cm³/mol. The maximum Gasteiger partial charge on any atom is 0.162 e. The second kappa shape index (κ2) is 8.48. The number of hydrogen-bond donors (Lipinski definition) is 0. The summed E-state index contributed by atoms with van der Waals surface area (Å²) in [5.74, 6) is 1.40. The van der Waals surface area contributed by atoms with Crippen LogP contribution in [0.1, 0.15) is 49.4 Å². The SMILES string of the molecule is CCCC(=O)c1ccc(SCCN2CCCCC2)cc1. The van der Waals surface area contributed by atoms with Crippen LogP contribution in [-0.4, -0.2) is 36.1 Å². The van der Waals surface area contributed by atoms with E-state index in [0.29, 0.717) is 6.42 Å². The molecule has 0 atom stereocenters. The number of Topliss-reactive ketones (excluding diaryl/α,β-unsaturated/α-hetero) is 1. The minimum atomic E-state index is 0.261. The van der Waals surface area contributed by atoms with Crippen molar-refractivity contribution in [1.82, 2.24) is 4.90 Å². The molecule has 0 aromatic heterocycles. The molecular weight excluding hydrogens is 266 g/mol. The van der Waals surface area contributed by atoms with Gasteiger partial charge in [0.15, 0.2) is 5.78 Å². The van der Waals surface area contributed by atoms with Gasteiger partial charge >= 0.3 is 0 Å². The van der Waals surface area contributed by atoms with Crippen LogP contribution in [0.25, 0.3) is 0 Å². The van der Waals surface area contributed by atoms with E-state index in [0.717, 1.165) is 17.7 Å². The largest absolute Gasteiger partial charge is 0.303 e. The monoisotopic (exact) mass is 291 g/mol. The van der Waals surface area contributed by atoms with Crippen LogP contribution >= 0.6 is 11.8 Å². The minimum absolute atomic E-state index is 0.261. The van der Waals surface area contributed by atoms with Crippen molar-refractivity contribution < 1.29 is 4.79 Å². The Morgan fingerprint density at radius 1 is 1.15 bits per heavy atom. The molecule has 0 unspecified atom stereocenters. The van der Waals surface area contributed by atoms with Crippen molar-refractivity contribution in [3.05, 3.63) is 29.8 Å². The summed E-state index contributed by atoms with van der Waals surface area (Å²) in [5, 5.41) is 0. The van der Waals surface area contributed by atoms with Gasteiger partial charge in [-0.3, -0.25) is 4.79 Å². The maximum atomic E-state index is 11.8. The zero-order valence-corrected chi connectivity index (χ0v) is 13.3. The van der Waals surface area contributed by atoms with E-state index in [9.17, 15) is 4.79 Å². The number of carbonyl (C=O) groups is 1. The highest BCUT2D eigenvalue weighted by Gasteiger charge is 2.09. The molecule has 0 spiro atoms. The molecular formula is C17H25NOS. The molecule has 1 saturated heterocycles. The fourth-order valence-corrected chi connectivity index (χ4v) is 3.50. The van der Waals surface area contributed by atoms with Gasteiger partial charge in [-0.25, -0.2) is 0 Å². The molecule has 2 nitrogen and oxygen atoms in total. The molecule has 0 bridgehead atoms. The molecule has 3 heteroatoms. The molecule has 0 amide bonds. The quantitative estimate of drug-likeness (QED) is 0.553.